The van der Waals surface area contributed by atoms with Gasteiger partial charge >= 0.3 is 0 Å². The normalized spacial score (nSPS) is 17.4. The highest BCUT2D eigenvalue weighted by atomic mass is 16.1. The van der Waals surface area contributed by atoms with Crippen molar-refractivity contribution in [1.82, 2.24) is 14.8 Å². The Bertz CT molecular complexity index is 458. The topological polar surface area (TPSA) is 37.3 Å². The predicted octanol–water partition coefficient (Wildman–Crippen LogP) is 0.407. The van der Waals surface area contributed by atoms with Gasteiger partial charge in [-0.3, -0.25) is 9.69 Å². The molecule has 2 heterocycles. The monoisotopic (exact) mass is 235 g/mol. The van der Waals surface area contributed by atoms with Crippen molar-refractivity contribution in [2.45, 2.75) is 20.4 Å². The Labute approximate surface area is 102 Å². The zero-order chi connectivity index (χ0) is 12.4. The SMILES string of the molecule is Cc1cc(C)n(C)c(=O)c1CN1CCNCC1. The van der Waals surface area contributed by atoms with Crippen LogP contribution in [0.15, 0.2) is 10.9 Å². The minimum absolute atomic E-state index is 0.154. The van der Waals surface area contributed by atoms with Crippen molar-refractivity contribution in [2.75, 3.05) is 26.2 Å². The minimum Gasteiger partial charge on any atom is -0.316 e. The molecule has 2 rings (SSSR count). The van der Waals surface area contributed by atoms with E-state index in [0.29, 0.717) is 0 Å². The van der Waals surface area contributed by atoms with Crippen LogP contribution in [0.25, 0.3) is 0 Å². The van der Waals surface area contributed by atoms with Gasteiger partial charge in [-0.15, -0.1) is 0 Å². The fourth-order valence-corrected chi connectivity index (χ4v) is 2.31. The van der Waals surface area contributed by atoms with E-state index in [2.05, 4.69) is 16.3 Å². The number of aryl methyl sites for hydroxylation is 2. The summed E-state index contributed by atoms with van der Waals surface area (Å²) in [5.41, 5.74) is 3.24. The molecule has 0 aromatic carbocycles. The van der Waals surface area contributed by atoms with E-state index < -0.39 is 0 Å². The molecule has 1 aliphatic heterocycles. The van der Waals surface area contributed by atoms with Crippen LogP contribution in [-0.2, 0) is 13.6 Å². The summed E-state index contributed by atoms with van der Waals surface area (Å²) < 4.78 is 1.74. The van der Waals surface area contributed by atoms with E-state index in [1.165, 1.54) is 0 Å². The maximum absolute atomic E-state index is 12.2. The van der Waals surface area contributed by atoms with Gasteiger partial charge in [0.2, 0.25) is 0 Å². The van der Waals surface area contributed by atoms with E-state index in [1.54, 1.807) is 4.57 Å². The zero-order valence-electron chi connectivity index (χ0n) is 10.9. The number of pyridine rings is 1. The van der Waals surface area contributed by atoms with Crippen molar-refractivity contribution in [3.63, 3.8) is 0 Å². The third kappa shape index (κ3) is 2.58. The molecule has 0 radical (unpaired) electrons. The van der Waals surface area contributed by atoms with Gasteiger partial charge in [-0.2, -0.15) is 0 Å². The molecule has 1 N–H and O–H groups in total. The van der Waals surface area contributed by atoms with Crippen LogP contribution in [0.3, 0.4) is 0 Å². The average Bonchev–Trinajstić information content (AvgIpc) is 2.33. The fourth-order valence-electron chi connectivity index (χ4n) is 2.31. The quantitative estimate of drug-likeness (QED) is 0.806. The van der Waals surface area contributed by atoms with Gasteiger partial charge in [-0.05, 0) is 25.5 Å². The van der Waals surface area contributed by atoms with Gasteiger partial charge in [-0.1, -0.05) is 0 Å². The third-order valence-electron chi connectivity index (χ3n) is 3.58. The number of rotatable bonds is 2. The summed E-state index contributed by atoms with van der Waals surface area (Å²) in [6, 6.07) is 2.10. The molecule has 1 aliphatic rings. The molecular formula is C13H21N3O. The Balaban J connectivity index is 2.26. The Morgan fingerprint density at radius 3 is 2.59 bits per heavy atom. The lowest BCUT2D eigenvalue weighted by molar-refractivity contribution is 0.231. The first-order valence-corrected chi connectivity index (χ1v) is 6.19. The number of nitrogens with one attached hydrogen (secondary N) is 1. The molecular weight excluding hydrogens is 214 g/mol. The molecule has 0 saturated carbocycles. The van der Waals surface area contributed by atoms with E-state index in [0.717, 1.165) is 49.5 Å². The molecule has 0 atom stereocenters. The summed E-state index contributed by atoms with van der Waals surface area (Å²) in [7, 11) is 1.85. The van der Waals surface area contributed by atoms with Gasteiger partial charge in [0.05, 0.1) is 0 Å². The maximum Gasteiger partial charge on any atom is 0.255 e. The molecule has 1 saturated heterocycles. The Morgan fingerprint density at radius 2 is 1.94 bits per heavy atom. The van der Waals surface area contributed by atoms with Crippen LogP contribution in [0.2, 0.25) is 0 Å². The second kappa shape index (κ2) is 5.02. The van der Waals surface area contributed by atoms with E-state index in [1.807, 2.05) is 20.9 Å². The molecule has 17 heavy (non-hydrogen) atoms. The molecule has 0 unspecified atom stereocenters. The van der Waals surface area contributed by atoms with Crippen LogP contribution < -0.4 is 10.9 Å². The van der Waals surface area contributed by atoms with Crippen LogP contribution in [0, 0.1) is 13.8 Å². The van der Waals surface area contributed by atoms with Gasteiger partial charge in [0.25, 0.3) is 5.56 Å². The minimum atomic E-state index is 0.154. The second-order valence-electron chi connectivity index (χ2n) is 4.84. The van der Waals surface area contributed by atoms with Crippen molar-refractivity contribution >= 4 is 0 Å². The van der Waals surface area contributed by atoms with Crippen molar-refractivity contribution < 1.29 is 0 Å². The largest absolute Gasteiger partial charge is 0.316 e. The van der Waals surface area contributed by atoms with E-state index in [4.69, 9.17) is 0 Å². The first kappa shape index (κ1) is 12.3. The smallest absolute Gasteiger partial charge is 0.255 e. The molecule has 4 heteroatoms. The van der Waals surface area contributed by atoms with Crippen molar-refractivity contribution in [3.8, 4) is 0 Å². The van der Waals surface area contributed by atoms with Crippen molar-refractivity contribution in [3.05, 3.63) is 33.2 Å². The molecule has 0 spiro atoms. The standard InChI is InChI=1S/C13H21N3O/c1-10-8-11(2)15(3)13(17)12(10)9-16-6-4-14-5-7-16/h8,14H,4-7,9H2,1-3H3. The molecule has 4 nitrogen and oxygen atoms in total. The number of aromatic nitrogens is 1. The molecule has 1 aromatic heterocycles. The van der Waals surface area contributed by atoms with Gasteiger partial charge < -0.3 is 9.88 Å². The molecule has 94 valence electrons. The first-order chi connectivity index (χ1) is 8.09. The van der Waals surface area contributed by atoms with Crippen LogP contribution >= 0.6 is 0 Å². The van der Waals surface area contributed by atoms with Gasteiger partial charge in [0.1, 0.15) is 0 Å². The van der Waals surface area contributed by atoms with Crippen LogP contribution in [0.1, 0.15) is 16.8 Å². The summed E-state index contributed by atoms with van der Waals surface area (Å²) in [5, 5.41) is 3.33. The van der Waals surface area contributed by atoms with Crippen molar-refractivity contribution in [1.29, 1.82) is 0 Å². The highest BCUT2D eigenvalue weighted by Gasteiger charge is 2.14. The number of hydrogen-bond donors (Lipinski definition) is 1. The lowest BCUT2D eigenvalue weighted by atomic mass is 10.1. The Morgan fingerprint density at radius 1 is 1.29 bits per heavy atom. The van der Waals surface area contributed by atoms with Gasteiger partial charge in [-0.25, -0.2) is 0 Å². The fraction of sp³-hybridized carbons (Fsp3) is 0.615. The van der Waals surface area contributed by atoms with E-state index in [9.17, 15) is 4.79 Å². The lowest BCUT2D eigenvalue weighted by Crippen LogP contribution is -2.44. The molecule has 1 fully saturated rings. The summed E-state index contributed by atoms with van der Waals surface area (Å²) in [6.45, 7) is 8.87. The lowest BCUT2D eigenvalue weighted by Gasteiger charge is -2.27. The van der Waals surface area contributed by atoms with E-state index >= 15 is 0 Å². The average molecular weight is 235 g/mol. The van der Waals surface area contributed by atoms with Crippen LogP contribution in [0.5, 0.6) is 0 Å². The summed E-state index contributed by atoms with van der Waals surface area (Å²) in [4.78, 5) is 14.5. The number of nitrogens with zero attached hydrogens (tertiary/aromatic N) is 2. The van der Waals surface area contributed by atoms with Crippen molar-refractivity contribution in [2.24, 2.45) is 7.05 Å². The third-order valence-corrected chi connectivity index (χ3v) is 3.58. The van der Waals surface area contributed by atoms with Gasteiger partial charge in [0.15, 0.2) is 0 Å². The highest BCUT2D eigenvalue weighted by Crippen LogP contribution is 2.09. The Kier molecular flexibility index (Phi) is 3.64. The number of piperazine rings is 1. The summed E-state index contributed by atoms with van der Waals surface area (Å²) in [6.07, 6.45) is 0. The first-order valence-electron chi connectivity index (χ1n) is 6.19. The molecule has 1 aromatic rings. The maximum atomic E-state index is 12.2. The van der Waals surface area contributed by atoms with Gasteiger partial charge in [0, 0.05) is 51.0 Å². The predicted molar refractivity (Wildman–Crippen MR) is 69.3 cm³/mol. The molecule has 0 aliphatic carbocycles. The highest BCUT2D eigenvalue weighted by molar-refractivity contribution is 5.26. The second-order valence-corrected chi connectivity index (χ2v) is 4.84. The summed E-state index contributed by atoms with van der Waals surface area (Å²) in [5.74, 6) is 0. The van der Waals surface area contributed by atoms with Crippen LogP contribution in [0.4, 0.5) is 0 Å². The molecule has 0 amide bonds. The summed E-state index contributed by atoms with van der Waals surface area (Å²) >= 11 is 0. The zero-order valence-corrected chi connectivity index (χ0v) is 10.9. The Hall–Kier alpha value is -1.13. The van der Waals surface area contributed by atoms with E-state index in [-0.39, 0.29) is 5.56 Å². The molecule has 0 bridgehead atoms. The number of hydrogen-bond acceptors (Lipinski definition) is 3. The van der Waals surface area contributed by atoms with Crippen LogP contribution in [-0.4, -0.2) is 35.6 Å².